The molecule has 2 amide bonds. The van der Waals surface area contributed by atoms with Gasteiger partial charge in [0.2, 0.25) is 5.91 Å². The molecule has 0 unspecified atom stereocenters. The molecule has 134 valence electrons. The molecule has 0 aromatic carbocycles. The number of hydrogen-bond acceptors (Lipinski definition) is 8. The van der Waals surface area contributed by atoms with Crippen molar-refractivity contribution in [2.75, 3.05) is 46.0 Å². The van der Waals surface area contributed by atoms with E-state index in [4.69, 9.17) is 20.9 Å². The number of carbonyl (C=O) groups excluding carboxylic acids is 2. The van der Waals surface area contributed by atoms with Crippen molar-refractivity contribution in [3.8, 4) is 0 Å². The van der Waals surface area contributed by atoms with Gasteiger partial charge in [-0.05, 0) is 26.8 Å². The molecule has 0 radical (unpaired) electrons. The van der Waals surface area contributed by atoms with Gasteiger partial charge in [-0.25, -0.2) is 4.79 Å². The highest BCUT2D eigenvalue weighted by Gasteiger charge is 2.25. The van der Waals surface area contributed by atoms with Gasteiger partial charge in [-0.2, -0.15) is 10.2 Å². The third-order valence-electron chi connectivity index (χ3n) is 2.37. The van der Waals surface area contributed by atoms with Crippen molar-refractivity contribution in [2.24, 2.45) is 21.7 Å². The summed E-state index contributed by atoms with van der Waals surface area (Å²) in [5.74, 6) is -0.228. The summed E-state index contributed by atoms with van der Waals surface area (Å²) in [6.45, 7) is 6.11. The SMILES string of the molecule is CC1(C)N=N1.NCCCNC(=O)OCCOCCNC(=O)CN. The highest BCUT2D eigenvalue weighted by atomic mass is 16.6. The Morgan fingerprint density at radius 1 is 1.04 bits per heavy atom. The minimum atomic E-state index is -0.483. The number of nitrogens with two attached hydrogens (primary N) is 2. The van der Waals surface area contributed by atoms with Crippen LogP contribution >= 0.6 is 0 Å². The van der Waals surface area contributed by atoms with E-state index in [1.165, 1.54) is 0 Å². The first-order valence-electron chi connectivity index (χ1n) is 7.50. The molecule has 0 aromatic rings. The average molecular weight is 332 g/mol. The summed E-state index contributed by atoms with van der Waals surface area (Å²) in [5.41, 5.74) is 10.4. The third-order valence-corrected chi connectivity index (χ3v) is 2.37. The lowest BCUT2D eigenvalue weighted by atomic mass is 10.4. The number of hydrogen-bond donors (Lipinski definition) is 4. The minimum Gasteiger partial charge on any atom is -0.447 e. The van der Waals surface area contributed by atoms with E-state index < -0.39 is 6.09 Å². The fourth-order valence-corrected chi connectivity index (χ4v) is 1.07. The van der Waals surface area contributed by atoms with E-state index in [2.05, 4.69) is 20.9 Å². The Labute approximate surface area is 136 Å². The predicted molar refractivity (Wildman–Crippen MR) is 84.8 cm³/mol. The summed E-state index contributed by atoms with van der Waals surface area (Å²) < 4.78 is 9.94. The van der Waals surface area contributed by atoms with Gasteiger partial charge in [-0.15, -0.1) is 0 Å². The number of amides is 2. The van der Waals surface area contributed by atoms with Crippen molar-refractivity contribution in [3.63, 3.8) is 0 Å². The molecule has 23 heavy (non-hydrogen) atoms. The Morgan fingerprint density at radius 2 is 1.70 bits per heavy atom. The van der Waals surface area contributed by atoms with Crippen LogP contribution in [0.4, 0.5) is 4.79 Å². The summed E-state index contributed by atoms with van der Waals surface area (Å²) >= 11 is 0. The fraction of sp³-hybridized carbons (Fsp3) is 0.846. The van der Waals surface area contributed by atoms with E-state index in [1.807, 2.05) is 13.8 Å². The van der Waals surface area contributed by atoms with Crippen molar-refractivity contribution in [1.29, 1.82) is 0 Å². The van der Waals surface area contributed by atoms with Crippen LogP contribution in [-0.4, -0.2) is 63.7 Å². The standard InChI is InChI=1S/C10H22N4O4.C3H6N2/c11-2-1-3-14-10(16)18-7-6-17-5-4-13-9(15)8-12;1-3(2)4-5-3/h1-8,11-12H2,(H,13,15)(H,14,16);1-2H3. The minimum absolute atomic E-state index is 0. The van der Waals surface area contributed by atoms with Crippen molar-refractivity contribution in [3.05, 3.63) is 0 Å². The Kier molecular flexibility index (Phi) is 11.7. The van der Waals surface area contributed by atoms with E-state index in [0.717, 1.165) is 0 Å². The fourth-order valence-electron chi connectivity index (χ4n) is 1.07. The first-order valence-corrected chi connectivity index (χ1v) is 7.50. The summed E-state index contributed by atoms with van der Waals surface area (Å²) in [6, 6.07) is 0. The monoisotopic (exact) mass is 332 g/mol. The normalized spacial score (nSPS) is 13.6. The molecule has 0 fully saturated rings. The Morgan fingerprint density at radius 3 is 2.22 bits per heavy atom. The molecular formula is C13H28N6O4. The largest absolute Gasteiger partial charge is 0.447 e. The van der Waals surface area contributed by atoms with Crippen LogP contribution in [0.25, 0.3) is 0 Å². The first kappa shape index (κ1) is 21.2. The average Bonchev–Trinajstić information content (AvgIpc) is 3.21. The van der Waals surface area contributed by atoms with Crippen LogP contribution in [-0.2, 0) is 14.3 Å². The quantitative estimate of drug-likeness (QED) is 0.389. The maximum absolute atomic E-state index is 11.0. The molecule has 10 nitrogen and oxygen atoms in total. The molecule has 0 bridgehead atoms. The summed E-state index contributed by atoms with van der Waals surface area (Å²) in [5, 5.41) is 12.4. The second-order valence-electron chi connectivity index (χ2n) is 5.07. The van der Waals surface area contributed by atoms with Crippen molar-refractivity contribution in [2.45, 2.75) is 25.9 Å². The van der Waals surface area contributed by atoms with E-state index >= 15 is 0 Å². The zero-order valence-electron chi connectivity index (χ0n) is 13.8. The predicted octanol–water partition coefficient (Wildman–Crippen LogP) is -0.659. The topological polar surface area (TPSA) is 153 Å². The van der Waals surface area contributed by atoms with Crippen LogP contribution < -0.4 is 22.1 Å². The Hall–Kier alpha value is -1.78. The zero-order chi connectivity index (χ0) is 17.6. The maximum atomic E-state index is 11.0. The van der Waals surface area contributed by atoms with E-state index in [9.17, 15) is 9.59 Å². The highest BCUT2D eigenvalue weighted by molar-refractivity contribution is 5.77. The van der Waals surface area contributed by atoms with Gasteiger partial charge in [-0.3, -0.25) is 4.79 Å². The molecular weight excluding hydrogens is 304 g/mol. The van der Waals surface area contributed by atoms with Crippen LogP contribution in [0.3, 0.4) is 0 Å². The molecule has 0 saturated heterocycles. The van der Waals surface area contributed by atoms with E-state index in [-0.39, 0.29) is 31.3 Å². The van der Waals surface area contributed by atoms with Crippen LogP contribution in [0.15, 0.2) is 10.2 Å². The van der Waals surface area contributed by atoms with Gasteiger partial charge in [0.15, 0.2) is 5.66 Å². The molecule has 0 atom stereocenters. The molecule has 1 aliphatic rings. The van der Waals surface area contributed by atoms with Gasteiger partial charge in [0.1, 0.15) is 6.61 Å². The number of ether oxygens (including phenoxy) is 2. The Bertz CT molecular complexity index is 367. The Balaban J connectivity index is 0.000000809. The number of nitrogens with zero attached hydrogens (tertiary/aromatic N) is 2. The highest BCUT2D eigenvalue weighted by Crippen LogP contribution is 2.24. The second kappa shape index (κ2) is 12.7. The zero-order valence-corrected chi connectivity index (χ0v) is 13.8. The van der Waals surface area contributed by atoms with Crippen molar-refractivity contribution < 1.29 is 19.1 Å². The number of alkyl carbamates (subject to hydrolysis) is 1. The second-order valence-corrected chi connectivity index (χ2v) is 5.07. The van der Waals surface area contributed by atoms with E-state index in [1.54, 1.807) is 0 Å². The molecule has 10 heteroatoms. The molecule has 1 rings (SSSR count). The molecule has 0 saturated carbocycles. The first-order chi connectivity index (χ1) is 10.9. The third kappa shape index (κ3) is 16.4. The van der Waals surface area contributed by atoms with Crippen LogP contribution in [0.5, 0.6) is 0 Å². The molecule has 0 aromatic heterocycles. The summed E-state index contributed by atoms with van der Waals surface area (Å²) in [6.07, 6.45) is 0.232. The summed E-state index contributed by atoms with van der Waals surface area (Å²) in [4.78, 5) is 21.8. The number of carbonyl (C=O) groups is 2. The lowest BCUT2D eigenvalue weighted by Crippen LogP contribution is -2.33. The van der Waals surface area contributed by atoms with Gasteiger partial charge in [0.25, 0.3) is 0 Å². The number of rotatable bonds is 10. The molecule has 1 heterocycles. The smallest absolute Gasteiger partial charge is 0.407 e. The van der Waals surface area contributed by atoms with Gasteiger partial charge >= 0.3 is 6.09 Å². The van der Waals surface area contributed by atoms with Crippen LogP contribution in [0.1, 0.15) is 20.3 Å². The van der Waals surface area contributed by atoms with Gasteiger partial charge in [0, 0.05) is 13.1 Å². The lowest BCUT2D eigenvalue weighted by Gasteiger charge is -2.07. The molecule has 1 aliphatic heterocycles. The van der Waals surface area contributed by atoms with Crippen LogP contribution in [0.2, 0.25) is 0 Å². The molecule has 0 spiro atoms. The number of nitrogens with one attached hydrogen (secondary N) is 2. The van der Waals surface area contributed by atoms with Gasteiger partial charge < -0.3 is 31.6 Å². The van der Waals surface area contributed by atoms with Gasteiger partial charge in [-0.1, -0.05) is 0 Å². The molecule has 0 aliphatic carbocycles. The van der Waals surface area contributed by atoms with Crippen molar-refractivity contribution in [1.82, 2.24) is 10.6 Å². The molecule has 6 N–H and O–H groups in total. The van der Waals surface area contributed by atoms with Crippen molar-refractivity contribution >= 4 is 12.0 Å². The lowest BCUT2D eigenvalue weighted by molar-refractivity contribution is -0.119. The van der Waals surface area contributed by atoms with Gasteiger partial charge in [0.05, 0.1) is 19.8 Å². The van der Waals surface area contributed by atoms with E-state index in [0.29, 0.717) is 32.7 Å². The summed E-state index contributed by atoms with van der Waals surface area (Å²) in [7, 11) is 0. The van der Waals surface area contributed by atoms with Crippen LogP contribution in [0, 0.1) is 0 Å². The maximum Gasteiger partial charge on any atom is 0.407 e.